The molecule has 11 heteroatoms. The fourth-order valence-electron chi connectivity index (χ4n) is 4.04. The van der Waals surface area contributed by atoms with E-state index in [1.165, 1.54) is 23.1 Å². The predicted octanol–water partition coefficient (Wildman–Crippen LogP) is 2.34. The number of primary amides is 1. The number of aryl methyl sites for hydroxylation is 1. The fourth-order valence-corrected chi connectivity index (χ4v) is 7.73. The molecule has 2 aliphatic heterocycles. The second-order valence-electron chi connectivity index (χ2n) is 7.97. The molecule has 172 valence electrons. The third kappa shape index (κ3) is 4.85. The quantitative estimate of drug-likeness (QED) is 0.591. The highest BCUT2D eigenvalue weighted by Crippen LogP contribution is 2.33. The van der Waals surface area contributed by atoms with Gasteiger partial charge in [-0.05, 0) is 49.9 Å². The summed E-state index contributed by atoms with van der Waals surface area (Å²) in [5.41, 5.74) is 7.69. The summed E-state index contributed by atoms with van der Waals surface area (Å²) in [6, 6.07) is 5.09. The molecular weight excluding hydrogens is 468 g/mol. The van der Waals surface area contributed by atoms with Crippen molar-refractivity contribution in [3.63, 3.8) is 0 Å². The van der Waals surface area contributed by atoms with Crippen LogP contribution >= 0.6 is 23.1 Å². The SMILES string of the molecule is Cc1nc(SCC(=O)N2CCc3cc(S(=O)(=O)N4CCCCC4)ccc32)sc1CC(N)=O. The normalized spacial score (nSPS) is 16.8. The second-order valence-corrected chi connectivity index (χ2v) is 12.2. The molecule has 2 N–H and O–H groups in total. The smallest absolute Gasteiger partial charge is 0.243 e. The highest BCUT2D eigenvalue weighted by Gasteiger charge is 2.30. The van der Waals surface area contributed by atoms with Gasteiger partial charge < -0.3 is 10.6 Å². The van der Waals surface area contributed by atoms with Crippen molar-refractivity contribution in [2.45, 2.75) is 48.3 Å². The molecule has 0 aliphatic carbocycles. The molecule has 4 rings (SSSR count). The van der Waals surface area contributed by atoms with Crippen molar-refractivity contribution in [1.82, 2.24) is 9.29 Å². The molecule has 3 heterocycles. The molecule has 0 atom stereocenters. The van der Waals surface area contributed by atoms with Crippen LogP contribution in [0.2, 0.25) is 0 Å². The zero-order chi connectivity index (χ0) is 22.9. The van der Waals surface area contributed by atoms with Gasteiger partial charge in [-0.2, -0.15) is 4.31 Å². The monoisotopic (exact) mass is 494 g/mol. The lowest BCUT2D eigenvalue weighted by Gasteiger charge is -2.26. The van der Waals surface area contributed by atoms with Crippen LogP contribution in [0, 0.1) is 6.92 Å². The number of nitrogens with two attached hydrogens (primary N) is 1. The first kappa shape index (κ1) is 23.2. The highest BCUT2D eigenvalue weighted by atomic mass is 32.2. The van der Waals surface area contributed by atoms with Gasteiger partial charge in [-0.15, -0.1) is 11.3 Å². The topological polar surface area (TPSA) is 114 Å². The van der Waals surface area contributed by atoms with Crippen LogP contribution in [-0.2, 0) is 32.5 Å². The number of rotatable bonds is 7. The number of benzene rings is 1. The largest absolute Gasteiger partial charge is 0.369 e. The van der Waals surface area contributed by atoms with Gasteiger partial charge in [0.05, 0.1) is 22.8 Å². The molecular formula is C21H26N4O4S3. The van der Waals surface area contributed by atoms with Gasteiger partial charge in [-0.3, -0.25) is 9.59 Å². The highest BCUT2D eigenvalue weighted by molar-refractivity contribution is 8.01. The van der Waals surface area contributed by atoms with Gasteiger partial charge in [0, 0.05) is 30.2 Å². The van der Waals surface area contributed by atoms with Crippen molar-refractivity contribution >= 4 is 50.6 Å². The molecule has 8 nitrogen and oxygen atoms in total. The van der Waals surface area contributed by atoms with E-state index in [-0.39, 0.29) is 18.1 Å². The predicted molar refractivity (Wildman–Crippen MR) is 126 cm³/mol. The minimum atomic E-state index is -3.49. The first-order valence-electron chi connectivity index (χ1n) is 10.6. The van der Waals surface area contributed by atoms with Crippen molar-refractivity contribution in [1.29, 1.82) is 0 Å². The van der Waals surface area contributed by atoms with Gasteiger partial charge in [0.1, 0.15) is 0 Å². The lowest BCUT2D eigenvalue weighted by atomic mass is 10.2. The molecule has 1 aromatic carbocycles. The maximum absolute atomic E-state index is 13.0. The number of carbonyl (C=O) groups excluding carboxylic acids is 2. The molecule has 2 aliphatic rings. The number of thiazole rings is 1. The summed E-state index contributed by atoms with van der Waals surface area (Å²) in [4.78, 5) is 31.3. The molecule has 0 radical (unpaired) electrons. The van der Waals surface area contributed by atoms with Gasteiger partial charge >= 0.3 is 0 Å². The Morgan fingerprint density at radius 2 is 1.94 bits per heavy atom. The maximum atomic E-state index is 13.0. The molecule has 1 saturated heterocycles. The number of nitrogens with zero attached hydrogens (tertiary/aromatic N) is 3. The van der Waals surface area contributed by atoms with Crippen LogP contribution in [0.3, 0.4) is 0 Å². The van der Waals surface area contributed by atoms with Gasteiger partial charge in [0.2, 0.25) is 21.8 Å². The van der Waals surface area contributed by atoms with Crippen molar-refractivity contribution in [3.05, 3.63) is 34.3 Å². The van der Waals surface area contributed by atoms with E-state index in [9.17, 15) is 18.0 Å². The zero-order valence-corrected chi connectivity index (χ0v) is 20.3. The number of hydrogen-bond acceptors (Lipinski definition) is 7. The number of sulfonamides is 1. The van der Waals surface area contributed by atoms with E-state index in [1.807, 2.05) is 6.92 Å². The van der Waals surface area contributed by atoms with Crippen molar-refractivity contribution in [2.24, 2.45) is 5.73 Å². The van der Waals surface area contributed by atoms with E-state index in [1.54, 1.807) is 27.4 Å². The molecule has 0 unspecified atom stereocenters. The summed E-state index contributed by atoms with van der Waals surface area (Å²) >= 11 is 2.72. The summed E-state index contributed by atoms with van der Waals surface area (Å²) < 4.78 is 28.2. The molecule has 1 fully saturated rings. The Hall–Kier alpha value is -1.95. The van der Waals surface area contributed by atoms with E-state index in [0.717, 1.165) is 45.4 Å². The Kier molecular flexibility index (Phi) is 6.89. The Morgan fingerprint density at radius 1 is 1.19 bits per heavy atom. The number of carbonyl (C=O) groups is 2. The summed E-state index contributed by atoms with van der Waals surface area (Å²) in [7, 11) is -3.49. The van der Waals surface area contributed by atoms with Crippen LogP contribution in [0.4, 0.5) is 5.69 Å². The number of hydrogen-bond donors (Lipinski definition) is 1. The summed E-state index contributed by atoms with van der Waals surface area (Å²) in [6.45, 7) is 3.50. The Morgan fingerprint density at radius 3 is 2.66 bits per heavy atom. The van der Waals surface area contributed by atoms with Gasteiger partial charge in [0.25, 0.3) is 0 Å². The van der Waals surface area contributed by atoms with E-state index in [0.29, 0.717) is 31.0 Å². The average Bonchev–Trinajstić information content (AvgIpc) is 3.35. The number of piperidine rings is 1. The third-order valence-electron chi connectivity index (χ3n) is 5.73. The number of aromatic nitrogens is 1. The number of fused-ring (bicyclic) bond motifs is 1. The van der Waals surface area contributed by atoms with Crippen LogP contribution < -0.4 is 10.6 Å². The van der Waals surface area contributed by atoms with Crippen LogP contribution in [0.25, 0.3) is 0 Å². The third-order valence-corrected chi connectivity index (χ3v) is 9.91. The van der Waals surface area contributed by atoms with E-state index < -0.39 is 15.9 Å². The molecule has 2 aromatic rings. The fraction of sp³-hybridized carbons (Fsp3) is 0.476. The van der Waals surface area contributed by atoms with E-state index in [2.05, 4.69) is 4.98 Å². The van der Waals surface area contributed by atoms with Gasteiger partial charge in [-0.25, -0.2) is 13.4 Å². The molecule has 1 aromatic heterocycles. The number of thioether (sulfide) groups is 1. The number of amides is 2. The van der Waals surface area contributed by atoms with Crippen LogP contribution in [0.5, 0.6) is 0 Å². The average molecular weight is 495 g/mol. The van der Waals surface area contributed by atoms with Crippen molar-refractivity contribution in [2.75, 3.05) is 30.3 Å². The first-order valence-corrected chi connectivity index (χ1v) is 13.8. The lowest BCUT2D eigenvalue weighted by Crippen LogP contribution is -2.35. The van der Waals surface area contributed by atoms with Crippen molar-refractivity contribution in [3.8, 4) is 0 Å². The molecule has 0 saturated carbocycles. The minimum Gasteiger partial charge on any atom is -0.369 e. The number of anilines is 1. The van der Waals surface area contributed by atoms with Crippen LogP contribution in [0.1, 0.15) is 35.4 Å². The summed E-state index contributed by atoms with van der Waals surface area (Å²) in [6.07, 6.45) is 3.65. The molecule has 2 amide bonds. The zero-order valence-electron chi connectivity index (χ0n) is 17.9. The van der Waals surface area contributed by atoms with Crippen molar-refractivity contribution < 1.29 is 18.0 Å². The Bertz CT molecular complexity index is 1140. The first-order chi connectivity index (χ1) is 15.3. The summed E-state index contributed by atoms with van der Waals surface area (Å²) in [5, 5.41) is 0. The van der Waals surface area contributed by atoms with Gasteiger partial charge in [-0.1, -0.05) is 18.2 Å². The molecule has 0 bridgehead atoms. The van der Waals surface area contributed by atoms with Gasteiger partial charge in [0.15, 0.2) is 4.34 Å². The minimum absolute atomic E-state index is 0.0512. The summed E-state index contributed by atoms with van der Waals surface area (Å²) in [5.74, 6) is -0.236. The lowest BCUT2D eigenvalue weighted by molar-refractivity contribution is -0.117. The molecule has 32 heavy (non-hydrogen) atoms. The van der Waals surface area contributed by atoms with E-state index in [4.69, 9.17) is 5.73 Å². The Balaban J connectivity index is 1.43. The van der Waals surface area contributed by atoms with Crippen LogP contribution in [0.15, 0.2) is 27.4 Å². The van der Waals surface area contributed by atoms with Crippen LogP contribution in [-0.4, -0.2) is 54.9 Å². The molecule has 0 spiro atoms. The second kappa shape index (κ2) is 9.50. The van der Waals surface area contributed by atoms with E-state index >= 15 is 0 Å². The Labute approximate surface area is 196 Å². The maximum Gasteiger partial charge on any atom is 0.243 e. The standard InChI is InChI=1S/C21H26N4O4S3/c1-14-18(12-19(22)26)31-21(23-14)30-13-20(27)25-10-7-15-11-16(5-6-17(15)25)32(28,29)24-8-3-2-4-9-24/h5-6,11H,2-4,7-10,12-13H2,1H3,(H2,22,26).